The van der Waals surface area contributed by atoms with Crippen LogP contribution in [0.3, 0.4) is 0 Å². The summed E-state index contributed by atoms with van der Waals surface area (Å²) >= 11 is 0. The first-order chi connectivity index (χ1) is 11.7. The molecule has 0 aromatic rings. The van der Waals surface area contributed by atoms with E-state index in [1.807, 2.05) is 20.8 Å². The van der Waals surface area contributed by atoms with E-state index < -0.39 is 17.9 Å². The van der Waals surface area contributed by atoms with Gasteiger partial charge in [0.25, 0.3) is 0 Å². The van der Waals surface area contributed by atoms with Crippen LogP contribution in [0.15, 0.2) is 0 Å². The molecule has 0 aromatic carbocycles. The van der Waals surface area contributed by atoms with Crippen LogP contribution in [-0.2, 0) is 19.2 Å². The van der Waals surface area contributed by atoms with Crippen molar-refractivity contribution in [1.29, 1.82) is 0 Å². The molecule has 0 rings (SSSR count). The summed E-state index contributed by atoms with van der Waals surface area (Å²) in [5, 5.41) is 5.68. The van der Waals surface area contributed by atoms with E-state index in [9.17, 15) is 19.2 Å². The lowest BCUT2D eigenvalue weighted by Crippen LogP contribution is -2.47. The van der Waals surface area contributed by atoms with E-state index in [-0.39, 0.29) is 48.7 Å². The first kappa shape index (κ1) is 23.2. The molecule has 2 amide bonds. The summed E-state index contributed by atoms with van der Waals surface area (Å²) in [5.74, 6) is -1.78. The number of nitrogens with one attached hydrogen (secondary N) is 2. The third-order valence-corrected chi connectivity index (χ3v) is 4.65. The van der Waals surface area contributed by atoms with Crippen LogP contribution in [0.1, 0.15) is 59.8 Å². The van der Waals surface area contributed by atoms with Gasteiger partial charge in [-0.15, -0.1) is 0 Å². The van der Waals surface area contributed by atoms with Crippen molar-refractivity contribution in [2.24, 2.45) is 17.6 Å². The molecule has 25 heavy (non-hydrogen) atoms. The lowest BCUT2D eigenvalue weighted by Gasteiger charge is -2.25. The van der Waals surface area contributed by atoms with Crippen molar-refractivity contribution in [2.75, 3.05) is 7.05 Å². The van der Waals surface area contributed by atoms with Crippen LogP contribution in [0.5, 0.6) is 0 Å². The molecule has 0 saturated carbocycles. The van der Waals surface area contributed by atoms with Crippen LogP contribution in [0, 0.1) is 11.8 Å². The van der Waals surface area contributed by atoms with E-state index in [2.05, 4.69) is 10.6 Å². The Labute approximate surface area is 150 Å². The molecule has 0 radical (unpaired) electrons. The molecule has 0 saturated heterocycles. The zero-order chi connectivity index (χ0) is 19.6. The van der Waals surface area contributed by atoms with E-state index >= 15 is 0 Å². The number of hydrogen-bond acceptors (Lipinski definition) is 5. The lowest BCUT2D eigenvalue weighted by atomic mass is 9.90. The normalized spacial score (nSPS) is 15.7. The molecule has 7 nitrogen and oxygen atoms in total. The van der Waals surface area contributed by atoms with Gasteiger partial charge >= 0.3 is 0 Å². The minimum absolute atomic E-state index is 0.00496. The highest BCUT2D eigenvalue weighted by molar-refractivity contribution is 5.92. The fourth-order valence-corrected chi connectivity index (χ4v) is 2.77. The number of primary amides is 1. The summed E-state index contributed by atoms with van der Waals surface area (Å²) < 4.78 is 0. The predicted octanol–water partition coefficient (Wildman–Crippen LogP) is 0.945. The molecule has 0 fully saturated rings. The summed E-state index contributed by atoms with van der Waals surface area (Å²) in [7, 11) is 1.69. The zero-order valence-electron chi connectivity index (χ0n) is 16.1. The van der Waals surface area contributed by atoms with Gasteiger partial charge in [-0.3, -0.25) is 19.2 Å². The first-order valence-electron chi connectivity index (χ1n) is 8.96. The second kappa shape index (κ2) is 11.7. The van der Waals surface area contributed by atoms with E-state index in [1.165, 1.54) is 6.92 Å². The summed E-state index contributed by atoms with van der Waals surface area (Å²) in [6.07, 6.45) is 1.59. The quantitative estimate of drug-likeness (QED) is 0.454. The number of ketones is 2. The van der Waals surface area contributed by atoms with Gasteiger partial charge in [-0.05, 0) is 32.7 Å². The molecule has 0 bridgehead atoms. The Morgan fingerprint density at radius 2 is 1.68 bits per heavy atom. The van der Waals surface area contributed by atoms with Crippen LogP contribution >= 0.6 is 0 Å². The molecule has 0 aliphatic carbocycles. The van der Waals surface area contributed by atoms with Crippen LogP contribution in [0.2, 0.25) is 0 Å². The van der Waals surface area contributed by atoms with Gasteiger partial charge in [0, 0.05) is 18.8 Å². The van der Waals surface area contributed by atoms with Crippen molar-refractivity contribution >= 4 is 23.4 Å². The van der Waals surface area contributed by atoms with Crippen LogP contribution in [0.25, 0.3) is 0 Å². The number of carbonyl (C=O) groups is 4. The minimum atomic E-state index is -0.673. The third kappa shape index (κ3) is 8.25. The Bertz CT molecular complexity index is 475. The van der Waals surface area contributed by atoms with Gasteiger partial charge in [0.2, 0.25) is 11.8 Å². The molecular formula is C18H33N3O4. The lowest BCUT2D eigenvalue weighted by molar-refractivity contribution is -0.133. The maximum Gasteiger partial charge on any atom is 0.224 e. The van der Waals surface area contributed by atoms with Crippen molar-refractivity contribution in [3.63, 3.8) is 0 Å². The van der Waals surface area contributed by atoms with Gasteiger partial charge in [-0.1, -0.05) is 27.2 Å². The van der Waals surface area contributed by atoms with E-state index in [1.54, 1.807) is 7.05 Å². The minimum Gasteiger partial charge on any atom is -0.370 e. The van der Waals surface area contributed by atoms with Crippen LogP contribution in [0.4, 0.5) is 0 Å². The van der Waals surface area contributed by atoms with Gasteiger partial charge < -0.3 is 16.4 Å². The van der Waals surface area contributed by atoms with E-state index in [0.717, 1.165) is 6.42 Å². The molecule has 4 N–H and O–H groups in total. The number of hydrogen-bond donors (Lipinski definition) is 3. The van der Waals surface area contributed by atoms with Gasteiger partial charge in [0.15, 0.2) is 11.6 Å². The largest absolute Gasteiger partial charge is 0.370 e. The Morgan fingerprint density at radius 3 is 2.08 bits per heavy atom. The monoisotopic (exact) mass is 355 g/mol. The number of carbonyl (C=O) groups excluding carboxylic acids is 4. The SMILES string of the molecule is CCC(C)[C@H](NC(=O)[C@H](CCC(N)=O)CC(=O)[C@H](CC)NC)C(C)=O. The van der Waals surface area contributed by atoms with E-state index in [0.29, 0.717) is 6.42 Å². The Morgan fingerprint density at radius 1 is 1.08 bits per heavy atom. The number of likely N-dealkylation sites (N-methyl/N-ethyl adjacent to an activating group) is 1. The fourth-order valence-electron chi connectivity index (χ4n) is 2.77. The predicted molar refractivity (Wildman–Crippen MR) is 96.7 cm³/mol. The Kier molecular flexibility index (Phi) is 10.9. The molecule has 0 aliphatic heterocycles. The third-order valence-electron chi connectivity index (χ3n) is 4.65. The van der Waals surface area contributed by atoms with Gasteiger partial charge in [0.05, 0.1) is 12.1 Å². The highest BCUT2D eigenvalue weighted by Crippen LogP contribution is 2.17. The van der Waals surface area contributed by atoms with Gasteiger partial charge in [-0.2, -0.15) is 0 Å². The Hall–Kier alpha value is -1.76. The molecule has 0 heterocycles. The average Bonchev–Trinajstić information content (AvgIpc) is 2.55. The number of nitrogens with two attached hydrogens (primary N) is 1. The smallest absolute Gasteiger partial charge is 0.224 e. The highest BCUT2D eigenvalue weighted by atomic mass is 16.2. The molecule has 1 unspecified atom stereocenters. The molecule has 144 valence electrons. The number of rotatable bonds is 13. The Balaban J connectivity index is 5.17. The second-order valence-corrected chi connectivity index (χ2v) is 6.60. The van der Waals surface area contributed by atoms with Crippen molar-refractivity contribution in [1.82, 2.24) is 10.6 Å². The molecule has 0 aliphatic rings. The molecule has 4 atom stereocenters. The van der Waals surface area contributed by atoms with Gasteiger partial charge in [-0.25, -0.2) is 0 Å². The average molecular weight is 355 g/mol. The topological polar surface area (TPSA) is 118 Å². The van der Waals surface area contributed by atoms with Crippen molar-refractivity contribution in [2.45, 2.75) is 71.9 Å². The highest BCUT2D eigenvalue weighted by Gasteiger charge is 2.29. The number of amides is 2. The summed E-state index contributed by atoms with van der Waals surface area (Å²) in [5.41, 5.74) is 5.18. The second-order valence-electron chi connectivity index (χ2n) is 6.60. The van der Waals surface area contributed by atoms with E-state index in [4.69, 9.17) is 5.73 Å². The maximum atomic E-state index is 12.6. The fraction of sp³-hybridized carbons (Fsp3) is 0.778. The molecule has 0 aromatic heterocycles. The van der Waals surface area contributed by atoms with Crippen molar-refractivity contribution in [3.05, 3.63) is 0 Å². The van der Waals surface area contributed by atoms with Crippen LogP contribution in [-0.4, -0.2) is 42.5 Å². The van der Waals surface area contributed by atoms with Crippen molar-refractivity contribution in [3.8, 4) is 0 Å². The van der Waals surface area contributed by atoms with Crippen molar-refractivity contribution < 1.29 is 19.2 Å². The van der Waals surface area contributed by atoms with Gasteiger partial charge in [0.1, 0.15) is 0 Å². The summed E-state index contributed by atoms with van der Waals surface area (Å²) in [6, 6.07) is -0.919. The standard InChI is InChI=1S/C18H33N3O4/c1-6-11(3)17(12(4)22)21-18(25)13(8-9-16(19)24)10-15(23)14(7-2)20-5/h11,13-14,17,20H,6-10H2,1-5H3,(H2,19,24)(H,21,25)/t11?,13-,14+,17+/m1/s1. The first-order valence-corrected chi connectivity index (χ1v) is 8.96. The summed E-state index contributed by atoms with van der Waals surface area (Å²) in [4.78, 5) is 47.9. The zero-order valence-corrected chi connectivity index (χ0v) is 16.1. The molecule has 7 heteroatoms. The summed E-state index contributed by atoms with van der Waals surface area (Å²) in [6.45, 7) is 7.16. The molecule has 0 spiro atoms. The molecular weight excluding hydrogens is 322 g/mol. The van der Waals surface area contributed by atoms with Crippen LogP contribution < -0.4 is 16.4 Å². The number of Topliss-reactive ketones (excluding diaryl/α,β-unsaturated/α-hetero) is 2. The maximum absolute atomic E-state index is 12.6.